The minimum absolute atomic E-state index is 0.133. The number of nitrogens with two attached hydrogens (primary N) is 1. The standard InChI is InChI=1S/C13H12BrFN2O2S/c1-8-7-9(5-6-10(8)14)17-20(18,19)13-11(15)3-2-4-12(13)16/h2-7,17H,16H2,1H3. The topological polar surface area (TPSA) is 72.2 Å². The third-order valence-corrected chi connectivity index (χ3v) is 5.04. The van der Waals surface area contributed by atoms with Crippen molar-refractivity contribution < 1.29 is 12.8 Å². The Labute approximate surface area is 125 Å². The molecule has 0 atom stereocenters. The highest BCUT2D eigenvalue weighted by Crippen LogP contribution is 2.26. The Bertz CT molecular complexity index is 743. The van der Waals surface area contributed by atoms with Gasteiger partial charge in [0.25, 0.3) is 10.0 Å². The first kappa shape index (κ1) is 14.8. The fourth-order valence-electron chi connectivity index (χ4n) is 1.72. The molecule has 3 N–H and O–H groups in total. The molecule has 0 unspecified atom stereocenters. The van der Waals surface area contributed by atoms with Gasteiger partial charge in [0.2, 0.25) is 0 Å². The fourth-order valence-corrected chi connectivity index (χ4v) is 3.21. The molecule has 0 aliphatic carbocycles. The first-order chi connectivity index (χ1) is 9.31. The number of benzene rings is 2. The van der Waals surface area contributed by atoms with E-state index >= 15 is 0 Å². The van der Waals surface area contributed by atoms with Crippen LogP contribution in [0.25, 0.3) is 0 Å². The number of aryl methyl sites for hydroxylation is 1. The number of halogens is 2. The zero-order valence-corrected chi connectivity index (χ0v) is 12.9. The predicted molar refractivity (Wildman–Crippen MR) is 80.5 cm³/mol. The third-order valence-electron chi connectivity index (χ3n) is 2.68. The summed E-state index contributed by atoms with van der Waals surface area (Å²) >= 11 is 3.32. The fraction of sp³-hybridized carbons (Fsp3) is 0.0769. The van der Waals surface area contributed by atoms with Crippen LogP contribution in [0.3, 0.4) is 0 Å². The Kier molecular flexibility index (Phi) is 4.01. The molecule has 0 heterocycles. The Morgan fingerprint density at radius 2 is 1.95 bits per heavy atom. The lowest BCUT2D eigenvalue weighted by Crippen LogP contribution is -2.16. The van der Waals surface area contributed by atoms with Gasteiger partial charge < -0.3 is 5.73 Å². The van der Waals surface area contributed by atoms with Crippen LogP contribution in [-0.4, -0.2) is 8.42 Å². The van der Waals surface area contributed by atoms with Crippen LogP contribution in [0.2, 0.25) is 0 Å². The minimum atomic E-state index is -4.07. The van der Waals surface area contributed by atoms with Gasteiger partial charge in [0.1, 0.15) is 10.7 Å². The molecular weight excluding hydrogens is 347 g/mol. The van der Waals surface area contributed by atoms with Gasteiger partial charge in [0.15, 0.2) is 0 Å². The van der Waals surface area contributed by atoms with Gasteiger partial charge in [-0.15, -0.1) is 0 Å². The van der Waals surface area contributed by atoms with Crippen LogP contribution in [0.1, 0.15) is 5.56 Å². The molecule has 0 fully saturated rings. The maximum absolute atomic E-state index is 13.7. The van der Waals surface area contributed by atoms with Gasteiger partial charge in [0, 0.05) is 10.2 Å². The Morgan fingerprint density at radius 3 is 2.55 bits per heavy atom. The monoisotopic (exact) mass is 358 g/mol. The lowest BCUT2D eigenvalue weighted by atomic mass is 10.2. The van der Waals surface area contributed by atoms with E-state index in [1.54, 1.807) is 18.2 Å². The Morgan fingerprint density at radius 1 is 1.25 bits per heavy atom. The van der Waals surface area contributed by atoms with Crippen LogP contribution in [0.5, 0.6) is 0 Å². The third kappa shape index (κ3) is 2.94. The molecule has 2 rings (SSSR count). The molecule has 0 bridgehead atoms. The number of hydrogen-bond acceptors (Lipinski definition) is 3. The first-order valence-electron chi connectivity index (χ1n) is 5.64. The first-order valence-corrected chi connectivity index (χ1v) is 7.92. The van der Waals surface area contributed by atoms with Crippen LogP contribution < -0.4 is 10.5 Å². The van der Waals surface area contributed by atoms with Crippen molar-refractivity contribution in [3.05, 3.63) is 52.3 Å². The molecule has 0 aromatic heterocycles. The Hall–Kier alpha value is -1.60. The van der Waals surface area contributed by atoms with Gasteiger partial charge in [-0.1, -0.05) is 22.0 Å². The van der Waals surface area contributed by atoms with Crippen molar-refractivity contribution in [3.63, 3.8) is 0 Å². The van der Waals surface area contributed by atoms with Gasteiger partial charge in [-0.25, -0.2) is 12.8 Å². The highest BCUT2D eigenvalue weighted by molar-refractivity contribution is 9.10. The van der Waals surface area contributed by atoms with Crippen molar-refractivity contribution in [1.29, 1.82) is 0 Å². The summed E-state index contributed by atoms with van der Waals surface area (Å²) in [5.74, 6) is -0.883. The van der Waals surface area contributed by atoms with E-state index in [1.165, 1.54) is 12.1 Å². The highest BCUT2D eigenvalue weighted by Gasteiger charge is 2.22. The van der Waals surface area contributed by atoms with E-state index in [2.05, 4.69) is 20.7 Å². The molecule has 106 valence electrons. The van der Waals surface area contributed by atoms with E-state index in [-0.39, 0.29) is 5.69 Å². The average Bonchev–Trinajstić information content (AvgIpc) is 2.33. The number of anilines is 2. The van der Waals surface area contributed by atoms with Crippen LogP contribution in [0, 0.1) is 12.7 Å². The summed E-state index contributed by atoms with van der Waals surface area (Å²) in [5, 5.41) is 0. The molecule has 4 nitrogen and oxygen atoms in total. The molecule has 0 saturated heterocycles. The molecule has 7 heteroatoms. The summed E-state index contributed by atoms with van der Waals surface area (Å²) < 4.78 is 41.2. The van der Waals surface area contributed by atoms with Gasteiger partial charge in [-0.3, -0.25) is 4.72 Å². The normalized spacial score (nSPS) is 11.3. The zero-order valence-electron chi connectivity index (χ0n) is 10.5. The Balaban J connectivity index is 2.43. The van der Waals surface area contributed by atoms with E-state index in [4.69, 9.17) is 5.73 Å². The van der Waals surface area contributed by atoms with E-state index < -0.39 is 20.7 Å². The lowest BCUT2D eigenvalue weighted by Gasteiger charge is -2.11. The molecule has 20 heavy (non-hydrogen) atoms. The number of nitrogen functional groups attached to an aromatic ring is 1. The van der Waals surface area contributed by atoms with Crippen molar-refractivity contribution >= 4 is 37.3 Å². The quantitative estimate of drug-likeness (QED) is 0.827. The molecule has 2 aromatic rings. The van der Waals surface area contributed by atoms with Crippen molar-refractivity contribution in [1.82, 2.24) is 0 Å². The largest absolute Gasteiger partial charge is 0.398 e. The zero-order chi connectivity index (χ0) is 14.9. The van der Waals surface area contributed by atoms with Crippen LogP contribution >= 0.6 is 15.9 Å². The summed E-state index contributed by atoms with van der Waals surface area (Å²) in [6.45, 7) is 1.82. The van der Waals surface area contributed by atoms with Gasteiger partial charge in [-0.2, -0.15) is 0 Å². The highest BCUT2D eigenvalue weighted by atomic mass is 79.9. The summed E-state index contributed by atoms with van der Waals surface area (Å²) in [7, 11) is -4.07. The summed E-state index contributed by atoms with van der Waals surface area (Å²) in [6.07, 6.45) is 0. The van der Waals surface area contributed by atoms with E-state index in [9.17, 15) is 12.8 Å². The average molecular weight is 359 g/mol. The molecule has 0 aliphatic heterocycles. The van der Waals surface area contributed by atoms with Gasteiger partial charge >= 0.3 is 0 Å². The summed E-state index contributed by atoms with van der Waals surface area (Å²) in [5.41, 5.74) is 6.61. The molecule has 0 amide bonds. The second-order valence-corrected chi connectivity index (χ2v) is 6.70. The minimum Gasteiger partial charge on any atom is -0.398 e. The predicted octanol–water partition coefficient (Wildman–Crippen LogP) is 3.28. The van der Waals surface area contributed by atoms with E-state index in [1.807, 2.05) is 6.92 Å². The molecular formula is C13H12BrFN2O2S. The molecule has 0 aliphatic rings. The van der Waals surface area contributed by atoms with Gasteiger partial charge in [0.05, 0.1) is 5.69 Å². The van der Waals surface area contributed by atoms with E-state index in [0.29, 0.717) is 5.69 Å². The number of sulfonamides is 1. The summed E-state index contributed by atoms with van der Waals surface area (Å²) in [6, 6.07) is 8.66. The van der Waals surface area contributed by atoms with Crippen LogP contribution in [-0.2, 0) is 10.0 Å². The maximum Gasteiger partial charge on any atom is 0.266 e. The SMILES string of the molecule is Cc1cc(NS(=O)(=O)c2c(N)cccc2F)ccc1Br. The second kappa shape index (κ2) is 5.41. The second-order valence-electron chi connectivity index (χ2n) is 4.23. The van der Waals surface area contributed by atoms with Crippen molar-refractivity contribution in [2.24, 2.45) is 0 Å². The smallest absolute Gasteiger partial charge is 0.266 e. The van der Waals surface area contributed by atoms with Crippen molar-refractivity contribution in [3.8, 4) is 0 Å². The van der Waals surface area contributed by atoms with Crippen molar-refractivity contribution in [2.75, 3.05) is 10.5 Å². The molecule has 2 aromatic carbocycles. The molecule has 0 radical (unpaired) electrons. The van der Waals surface area contributed by atoms with E-state index in [0.717, 1.165) is 16.1 Å². The number of nitrogens with one attached hydrogen (secondary N) is 1. The number of rotatable bonds is 3. The lowest BCUT2D eigenvalue weighted by molar-refractivity contribution is 0.572. The number of hydrogen-bond donors (Lipinski definition) is 2. The maximum atomic E-state index is 13.7. The molecule has 0 saturated carbocycles. The van der Waals surface area contributed by atoms with Crippen molar-refractivity contribution in [2.45, 2.75) is 11.8 Å². The van der Waals surface area contributed by atoms with Gasteiger partial charge in [-0.05, 0) is 42.8 Å². The summed E-state index contributed by atoms with van der Waals surface area (Å²) in [4.78, 5) is -0.541. The molecule has 0 spiro atoms. The van der Waals surface area contributed by atoms with Crippen LogP contribution in [0.4, 0.5) is 15.8 Å². The van der Waals surface area contributed by atoms with Crippen LogP contribution in [0.15, 0.2) is 45.8 Å².